The van der Waals surface area contributed by atoms with Crippen LogP contribution >= 0.6 is 0 Å². The van der Waals surface area contributed by atoms with Crippen molar-refractivity contribution >= 4 is 20.9 Å². The average Bonchev–Trinajstić information content (AvgIpc) is 2.26. The molecule has 0 fully saturated rings. The standard InChI is InChI=1S/C11H10O4S/c1-15-11-4-2-3-8-5-6-9(7-10(8)11)16(12,13)14/h2-7H,1H3,(H,12,13,14). The Morgan fingerprint density at radius 3 is 2.56 bits per heavy atom. The Labute approximate surface area is 93.2 Å². The van der Waals surface area contributed by atoms with Crippen molar-refractivity contribution < 1.29 is 17.7 Å². The first-order valence-electron chi connectivity index (χ1n) is 4.56. The third kappa shape index (κ3) is 1.87. The van der Waals surface area contributed by atoms with Gasteiger partial charge in [0.15, 0.2) is 0 Å². The van der Waals surface area contributed by atoms with Gasteiger partial charge in [-0.3, -0.25) is 4.55 Å². The lowest BCUT2D eigenvalue weighted by molar-refractivity contribution is 0.419. The zero-order valence-electron chi connectivity index (χ0n) is 8.54. The smallest absolute Gasteiger partial charge is 0.294 e. The van der Waals surface area contributed by atoms with Gasteiger partial charge in [0.05, 0.1) is 12.0 Å². The summed E-state index contributed by atoms with van der Waals surface area (Å²) in [7, 11) is -2.67. The summed E-state index contributed by atoms with van der Waals surface area (Å²) >= 11 is 0. The third-order valence-corrected chi connectivity index (χ3v) is 3.18. The average molecular weight is 238 g/mol. The van der Waals surface area contributed by atoms with Crippen molar-refractivity contribution in [3.05, 3.63) is 36.4 Å². The lowest BCUT2D eigenvalue weighted by atomic mass is 10.1. The summed E-state index contributed by atoms with van der Waals surface area (Å²) < 4.78 is 36.0. The van der Waals surface area contributed by atoms with E-state index >= 15 is 0 Å². The number of hydrogen-bond acceptors (Lipinski definition) is 3. The van der Waals surface area contributed by atoms with Crippen LogP contribution in [0.25, 0.3) is 10.8 Å². The van der Waals surface area contributed by atoms with Crippen molar-refractivity contribution in [3.8, 4) is 5.75 Å². The monoisotopic (exact) mass is 238 g/mol. The molecule has 16 heavy (non-hydrogen) atoms. The number of fused-ring (bicyclic) bond motifs is 1. The highest BCUT2D eigenvalue weighted by atomic mass is 32.2. The molecule has 0 unspecified atom stereocenters. The lowest BCUT2D eigenvalue weighted by Crippen LogP contribution is -1.97. The van der Waals surface area contributed by atoms with Crippen LogP contribution in [0.5, 0.6) is 5.75 Å². The summed E-state index contributed by atoms with van der Waals surface area (Å²) in [5.74, 6) is 0.572. The number of hydrogen-bond donors (Lipinski definition) is 1. The first kappa shape index (κ1) is 10.9. The molecule has 0 aliphatic carbocycles. The van der Waals surface area contributed by atoms with E-state index in [1.54, 1.807) is 12.1 Å². The summed E-state index contributed by atoms with van der Waals surface area (Å²) in [6, 6.07) is 9.76. The fraction of sp³-hybridized carbons (Fsp3) is 0.0909. The molecule has 0 aromatic heterocycles. The zero-order valence-corrected chi connectivity index (χ0v) is 9.36. The molecule has 0 aliphatic rings. The van der Waals surface area contributed by atoms with E-state index in [1.807, 2.05) is 12.1 Å². The second-order valence-corrected chi connectivity index (χ2v) is 4.74. The molecule has 0 atom stereocenters. The third-order valence-electron chi connectivity index (χ3n) is 2.33. The summed E-state index contributed by atoms with van der Waals surface area (Å²) in [6.45, 7) is 0. The van der Waals surface area contributed by atoms with Crippen molar-refractivity contribution in [3.63, 3.8) is 0 Å². The van der Waals surface area contributed by atoms with Gasteiger partial charge in [0.1, 0.15) is 5.75 Å². The Hall–Kier alpha value is -1.59. The van der Waals surface area contributed by atoms with Gasteiger partial charge in [-0.25, -0.2) is 0 Å². The van der Waals surface area contributed by atoms with Crippen LogP contribution < -0.4 is 4.74 Å². The quantitative estimate of drug-likeness (QED) is 0.814. The van der Waals surface area contributed by atoms with Crippen LogP contribution in [0.15, 0.2) is 41.3 Å². The highest BCUT2D eigenvalue weighted by Gasteiger charge is 2.11. The van der Waals surface area contributed by atoms with Crippen molar-refractivity contribution in [2.75, 3.05) is 7.11 Å². The van der Waals surface area contributed by atoms with E-state index in [1.165, 1.54) is 19.2 Å². The predicted molar refractivity (Wildman–Crippen MR) is 60.3 cm³/mol. The molecule has 84 valence electrons. The van der Waals surface area contributed by atoms with Crippen LogP contribution in [-0.2, 0) is 10.1 Å². The first-order chi connectivity index (χ1) is 7.52. The molecule has 0 amide bonds. The van der Waals surface area contributed by atoms with Crippen molar-refractivity contribution in [2.45, 2.75) is 4.90 Å². The maximum absolute atomic E-state index is 11.0. The molecule has 0 saturated heterocycles. The number of ether oxygens (including phenoxy) is 1. The summed E-state index contributed by atoms with van der Waals surface area (Å²) in [4.78, 5) is -0.135. The van der Waals surface area contributed by atoms with E-state index in [2.05, 4.69) is 0 Å². The minimum absolute atomic E-state index is 0.135. The molecule has 0 bridgehead atoms. The molecular weight excluding hydrogens is 228 g/mol. The lowest BCUT2D eigenvalue weighted by Gasteiger charge is -2.06. The van der Waals surface area contributed by atoms with Gasteiger partial charge in [0, 0.05) is 5.39 Å². The van der Waals surface area contributed by atoms with Gasteiger partial charge in [0.2, 0.25) is 0 Å². The molecular formula is C11H10O4S. The van der Waals surface area contributed by atoms with Gasteiger partial charge in [-0.1, -0.05) is 18.2 Å². The van der Waals surface area contributed by atoms with Gasteiger partial charge < -0.3 is 4.74 Å². The first-order valence-corrected chi connectivity index (χ1v) is 6.00. The molecule has 2 rings (SSSR count). The van der Waals surface area contributed by atoms with Crippen molar-refractivity contribution in [2.24, 2.45) is 0 Å². The predicted octanol–water partition coefficient (Wildman–Crippen LogP) is 2.10. The van der Waals surface area contributed by atoms with Gasteiger partial charge in [-0.2, -0.15) is 8.42 Å². The van der Waals surface area contributed by atoms with E-state index in [4.69, 9.17) is 9.29 Å². The largest absolute Gasteiger partial charge is 0.496 e. The van der Waals surface area contributed by atoms with Crippen LogP contribution in [0.2, 0.25) is 0 Å². The zero-order chi connectivity index (χ0) is 11.8. The Morgan fingerprint density at radius 2 is 1.94 bits per heavy atom. The van der Waals surface area contributed by atoms with E-state index in [0.29, 0.717) is 11.1 Å². The molecule has 5 heteroatoms. The van der Waals surface area contributed by atoms with Gasteiger partial charge >= 0.3 is 0 Å². The van der Waals surface area contributed by atoms with Gasteiger partial charge in [-0.15, -0.1) is 0 Å². The minimum Gasteiger partial charge on any atom is -0.496 e. The van der Waals surface area contributed by atoms with Gasteiger partial charge in [-0.05, 0) is 23.6 Å². The van der Waals surface area contributed by atoms with Crippen LogP contribution in [0.1, 0.15) is 0 Å². The summed E-state index contributed by atoms with van der Waals surface area (Å²) in [6.07, 6.45) is 0. The molecule has 0 radical (unpaired) electrons. The minimum atomic E-state index is -4.17. The van der Waals surface area contributed by atoms with Crippen LogP contribution in [0.4, 0.5) is 0 Å². The van der Waals surface area contributed by atoms with Crippen LogP contribution in [0.3, 0.4) is 0 Å². The number of rotatable bonds is 2. The fourth-order valence-corrected chi connectivity index (χ4v) is 2.07. The highest BCUT2D eigenvalue weighted by molar-refractivity contribution is 7.85. The molecule has 0 aliphatic heterocycles. The van der Waals surface area contributed by atoms with E-state index < -0.39 is 10.1 Å². The Morgan fingerprint density at radius 1 is 1.19 bits per heavy atom. The Bertz CT molecular complexity index is 631. The molecule has 4 nitrogen and oxygen atoms in total. The highest BCUT2D eigenvalue weighted by Crippen LogP contribution is 2.27. The van der Waals surface area contributed by atoms with E-state index in [-0.39, 0.29) is 4.90 Å². The molecule has 1 N–H and O–H groups in total. The maximum atomic E-state index is 11.0. The Balaban J connectivity index is 2.78. The van der Waals surface area contributed by atoms with Crippen LogP contribution in [-0.4, -0.2) is 20.1 Å². The molecule has 2 aromatic carbocycles. The van der Waals surface area contributed by atoms with Crippen molar-refractivity contribution in [1.82, 2.24) is 0 Å². The maximum Gasteiger partial charge on any atom is 0.294 e. The molecule has 0 spiro atoms. The summed E-state index contributed by atoms with van der Waals surface area (Å²) in [5.41, 5.74) is 0. The molecule has 0 saturated carbocycles. The van der Waals surface area contributed by atoms with E-state index in [0.717, 1.165) is 5.39 Å². The Kier molecular flexibility index (Phi) is 2.57. The second-order valence-electron chi connectivity index (χ2n) is 3.32. The fourth-order valence-electron chi connectivity index (χ4n) is 1.56. The molecule has 0 heterocycles. The van der Waals surface area contributed by atoms with Crippen molar-refractivity contribution in [1.29, 1.82) is 0 Å². The van der Waals surface area contributed by atoms with Gasteiger partial charge in [0.25, 0.3) is 10.1 Å². The topological polar surface area (TPSA) is 63.6 Å². The number of methoxy groups -OCH3 is 1. The number of benzene rings is 2. The normalized spacial score (nSPS) is 11.6. The SMILES string of the molecule is COc1cccc2ccc(S(=O)(=O)O)cc12. The van der Waals surface area contributed by atoms with Crippen LogP contribution in [0, 0.1) is 0 Å². The second kappa shape index (κ2) is 3.77. The molecule has 2 aromatic rings. The summed E-state index contributed by atoms with van der Waals surface area (Å²) in [5, 5.41) is 1.51. The van der Waals surface area contributed by atoms with E-state index in [9.17, 15) is 8.42 Å².